The van der Waals surface area contributed by atoms with Crippen molar-refractivity contribution in [2.24, 2.45) is 11.8 Å². The molecule has 0 bridgehead atoms. The molecule has 6 heteroatoms. The fourth-order valence-corrected chi connectivity index (χ4v) is 4.54. The SMILES string of the molecule is CN(Cc1ccco1)C[C@@H]1OC[C@H]2CCN(C(=O)N3CCCC3)C[C@H]21. The van der Waals surface area contributed by atoms with Gasteiger partial charge in [0.25, 0.3) is 0 Å². The lowest BCUT2D eigenvalue weighted by Gasteiger charge is -2.38. The number of carbonyl (C=O) groups excluding carboxylic acids is 1. The Hall–Kier alpha value is -1.53. The topological polar surface area (TPSA) is 49.2 Å². The van der Waals surface area contributed by atoms with Crippen molar-refractivity contribution in [1.82, 2.24) is 14.7 Å². The van der Waals surface area contributed by atoms with Crippen molar-refractivity contribution in [2.45, 2.75) is 31.9 Å². The molecule has 0 unspecified atom stereocenters. The second-order valence-electron chi connectivity index (χ2n) is 7.78. The van der Waals surface area contributed by atoms with Crippen molar-refractivity contribution < 1.29 is 13.9 Å². The van der Waals surface area contributed by atoms with E-state index in [9.17, 15) is 4.79 Å². The molecule has 0 saturated carbocycles. The molecular formula is C19H29N3O3. The third-order valence-electron chi connectivity index (χ3n) is 5.95. The number of rotatable bonds is 4. The number of hydrogen-bond acceptors (Lipinski definition) is 4. The summed E-state index contributed by atoms with van der Waals surface area (Å²) >= 11 is 0. The van der Waals surface area contributed by atoms with Crippen LogP contribution in [0.3, 0.4) is 0 Å². The van der Waals surface area contributed by atoms with E-state index in [0.717, 1.165) is 70.9 Å². The lowest BCUT2D eigenvalue weighted by molar-refractivity contribution is 0.0491. The monoisotopic (exact) mass is 347 g/mol. The number of fused-ring (bicyclic) bond motifs is 1. The van der Waals surface area contributed by atoms with Crippen LogP contribution in [-0.2, 0) is 11.3 Å². The summed E-state index contributed by atoms with van der Waals surface area (Å²) in [5.74, 6) is 2.04. The van der Waals surface area contributed by atoms with Gasteiger partial charge in [-0.2, -0.15) is 0 Å². The Bertz CT molecular complexity index is 570. The van der Waals surface area contributed by atoms with Crippen LogP contribution in [0.25, 0.3) is 0 Å². The van der Waals surface area contributed by atoms with Crippen LogP contribution in [0.2, 0.25) is 0 Å². The predicted molar refractivity (Wildman–Crippen MR) is 94.2 cm³/mol. The van der Waals surface area contributed by atoms with Gasteiger partial charge >= 0.3 is 6.03 Å². The molecule has 138 valence electrons. The highest BCUT2D eigenvalue weighted by Crippen LogP contribution is 2.35. The van der Waals surface area contributed by atoms with Crippen LogP contribution >= 0.6 is 0 Å². The van der Waals surface area contributed by atoms with Crippen molar-refractivity contribution in [3.8, 4) is 0 Å². The zero-order chi connectivity index (χ0) is 17.2. The summed E-state index contributed by atoms with van der Waals surface area (Å²) in [7, 11) is 2.11. The summed E-state index contributed by atoms with van der Waals surface area (Å²) in [6.45, 7) is 6.10. The number of hydrogen-bond donors (Lipinski definition) is 0. The number of amides is 2. The van der Waals surface area contributed by atoms with E-state index in [1.807, 2.05) is 17.0 Å². The van der Waals surface area contributed by atoms with Gasteiger partial charge in [-0.1, -0.05) is 0 Å². The number of carbonyl (C=O) groups is 1. The largest absolute Gasteiger partial charge is 0.468 e. The zero-order valence-electron chi connectivity index (χ0n) is 15.1. The molecule has 3 fully saturated rings. The first kappa shape index (κ1) is 16.9. The van der Waals surface area contributed by atoms with Gasteiger partial charge in [0, 0.05) is 38.6 Å². The Kier molecular flexibility index (Phi) is 4.99. The number of ether oxygens (including phenoxy) is 1. The minimum atomic E-state index is 0.208. The second kappa shape index (κ2) is 7.38. The van der Waals surface area contributed by atoms with Crippen molar-refractivity contribution in [2.75, 3.05) is 46.4 Å². The van der Waals surface area contributed by atoms with Gasteiger partial charge < -0.3 is 19.0 Å². The summed E-state index contributed by atoms with van der Waals surface area (Å²) in [6, 6.07) is 4.17. The molecule has 0 aromatic carbocycles. The molecule has 0 aliphatic carbocycles. The Morgan fingerprint density at radius 3 is 2.88 bits per heavy atom. The van der Waals surface area contributed by atoms with Crippen LogP contribution in [0.5, 0.6) is 0 Å². The average molecular weight is 347 g/mol. The fourth-order valence-electron chi connectivity index (χ4n) is 4.54. The van der Waals surface area contributed by atoms with Gasteiger partial charge in [-0.3, -0.25) is 4.90 Å². The molecule has 1 aromatic heterocycles. The highest BCUT2D eigenvalue weighted by Gasteiger charge is 2.43. The lowest BCUT2D eigenvalue weighted by Crippen LogP contribution is -2.50. The zero-order valence-corrected chi connectivity index (χ0v) is 15.1. The number of furan rings is 1. The van der Waals surface area contributed by atoms with Crippen LogP contribution in [0.15, 0.2) is 22.8 Å². The van der Waals surface area contributed by atoms with Gasteiger partial charge in [0.2, 0.25) is 0 Å². The standard InChI is InChI=1S/C19H29N3O3/c1-20(11-16-5-4-10-24-16)13-18-17-12-22(9-6-15(17)14-25-18)19(23)21-7-2-3-8-21/h4-5,10,15,17-18H,2-3,6-9,11-14H2,1H3/t15-,17-,18+/m1/s1. The van der Waals surface area contributed by atoms with Crippen molar-refractivity contribution in [1.29, 1.82) is 0 Å². The first-order chi connectivity index (χ1) is 12.2. The lowest BCUT2D eigenvalue weighted by atomic mass is 9.84. The number of likely N-dealkylation sites (N-methyl/N-ethyl adjacent to an activating group) is 1. The van der Waals surface area contributed by atoms with Crippen LogP contribution in [-0.4, -0.2) is 73.2 Å². The molecular weight excluding hydrogens is 318 g/mol. The molecule has 3 aliphatic heterocycles. The van der Waals surface area contributed by atoms with Crippen LogP contribution in [0.1, 0.15) is 25.0 Å². The number of nitrogens with zero attached hydrogens (tertiary/aromatic N) is 3. The van der Waals surface area contributed by atoms with Crippen molar-refractivity contribution in [3.05, 3.63) is 24.2 Å². The third kappa shape index (κ3) is 3.70. The number of urea groups is 1. The minimum absolute atomic E-state index is 0.208. The molecule has 4 heterocycles. The first-order valence-electron chi connectivity index (χ1n) is 9.57. The van der Waals surface area contributed by atoms with Gasteiger partial charge in [0.1, 0.15) is 5.76 Å². The van der Waals surface area contributed by atoms with Crippen LogP contribution < -0.4 is 0 Å². The molecule has 2 amide bonds. The Labute approximate surface area is 149 Å². The molecule has 3 atom stereocenters. The quantitative estimate of drug-likeness (QED) is 0.838. The second-order valence-corrected chi connectivity index (χ2v) is 7.78. The van der Waals surface area contributed by atoms with E-state index in [1.54, 1.807) is 6.26 Å². The molecule has 0 N–H and O–H groups in total. The van der Waals surface area contributed by atoms with E-state index < -0.39 is 0 Å². The van der Waals surface area contributed by atoms with E-state index in [4.69, 9.17) is 9.15 Å². The van der Waals surface area contributed by atoms with Gasteiger partial charge in [0.15, 0.2) is 0 Å². The van der Waals surface area contributed by atoms with Crippen LogP contribution in [0, 0.1) is 11.8 Å². The van der Waals surface area contributed by atoms with Crippen molar-refractivity contribution in [3.63, 3.8) is 0 Å². The Morgan fingerprint density at radius 2 is 2.12 bits per heavy atom. The predicted octanol–water partition coefficient (Wildman–Crippen LogP) is 2.26. The van der Waals surface area contributed by atoms with Gasteiger partial charge in [-0.25, -0.2) is 4.79 Å². The smallest absolute Gasteiger partial charge is 0.320 e. The Morgan fingerprint density at radius 1 is 1.28 bits per heavy atom. The molecule has 3 saturated heterocycles. The number of piperidine rings is 1. The van der Waals surface area contributed by atoms with Gasteiger partial charge in [-0.05, 0) is 44.4 Å². The van der Waals surface area contributed by atoms with Gasteiger partial charge in [0.05, 0.1) is 25.5 Å². The van der Waals surface area contributed by atoms with E-state index in [1.165, 1.54) is 0 Å². The molecule has 0 radical (unpaired) electrons. The summed E-state index contributed by atoms with van der Waals surface area (Å²) in [6.07, 6.45) is 5.29. The summed E-state index contributed by atoms with van der Waals surface area (Å²) in [5, 5.41) is 0. The molecule has 0 spiro atoms. The fraction of sp³-hybridized carbons (Fsp3) is 0.737. The highest BCUT2D eigenvalue weighted by molar-refractivity contribution is 5.74. The van der Waals surface area contributed by atoms with E-state index in [-0.39, 0.29) is 12.1 Å². The van der Waals surface area contributed by atoms with E-state index in [0.29, 0.717) is 11.8 Å². The molecule has 25 heavy (non-hydrogen) atoms. The minimum Gasteiger partial charge on any atom is -0.468 e. The Balaban J connectivity index is 1.34. The maximum Gasteiger partial charge on any atom is 0.320 e. The van der Waals surface area contributed by atoms with E-state index in [2.05, 4.69) is 16.8 Å². The molecule has 3 aliphatic rings. The molecule has 6 nitrogen and oxygen atoms in total. The maximum atomic E-state index is 12.7. The van der Waals surface area contributed by atoms with E-state index >= 15 is 0 Å². The van der Waals surface area contributed by atoms with Gasteiger partial charge in [-0.15, -0.1) is 0 Å². The normalized spacial score (nSPS) is 29.4. The maximum absolute atomic E-state index is 12.7. The highest BCUT2D eigenvalue weighted by atomic mass is 16.5. The molecule has 1 aromatic rings. The first-order valence-corrected chi connectivity index (χ1v) is 9.57. The third-order valence-corrected chi connectivity index (χ3v) is 5.95. The average Bonchev–Trinajstić information content (AvgIpc) is 3.36. The summed E-state index contributed by atoms with van der Waals surface area (Å²) < 4.78 is 11.6. The molecule has 4 rings (SSSR count). The van der Waals surface area contributed by atoms with Crippen LogP contribution in [0.4, 0.5) is 4.79 Å². The number of likely N-dealkylation sites (tertiary alicyclic amines) is 2. The summed E-state index contributed by atoms with van der Waals surface area (Å²) in [4.78, 5) is 19.1. The summed E-state index contributed by atoms with van der Waals surface area (Å²) in [5.41, 5.74) is 0. The van der Waals surface area contributed by atoms with Crippen molar-refractivity contribution >= 4 is 6.03 Å².